The van der Waals surface area contributed by atoms with E-state index in [4.69, 9.17) is 10.5 Å². The zero-order chi connectivity index (χ0) is 15.4. The molecular formula is C14H17BrN2O3S. The number of esters is 1. The first kappa shape index (κ1) is 16.2. The Balaban J connectivity index is 2.26. The summed E-state index contributed by atoms with van der Waals surface area (Å²) >= 11 is 4.98. The van der Waals surface area contributed by atoms with Crippen molar-refractivity contribution in [1.29, 1.82) is 0 Å². The van der Waals surface area contributed by atoms with E-state index in [1.807, 2.05) is 0 Å². The minimum Gasteiger partial charge on any atom is -0.464 e. The van der Waals surface area contributed by atoms with Crippen LogP contribution in [0.25, 0.3) is 0 Å². The van der Waals surface area contributed by atoms with Gasteiger partial charge in [0.2, 0.25) is 0 Å². The van der Waals surface area contributed by atoms with Gasteiger partial charge in [-0.25, -0.2) is 4.79 Å². The van der Waals surface area contributed by atoms with Crippen LogP contribution in [0, 0.1) is 0 Å². The molecule has 0 bridgehead atoms. The van der Waals surface area contributed by atoms with Crippen molar-refractivity contribution in [2.45, 2.75) is 13.0 Å². The van der Waals surface area contributed by atoms with Gasteiger partial charge in [0.1, 0.15) is 6.04 Å². The van der Waals surface area contributed by atoms with Crippen molar-refractivity contribution < 1.29 is 14.3 Å². The van der Waals surface area contributed by atoms with Crippen LogP contribution in [0.2, 0.25) is 0 Å². The van der Waals surface area contributed by atoms with Crippen LogP contribution in [0.5, 0.6) is 0 Å². The Morgan fingerprint density at radius 1 is 1.52 bits per heavy atom. The zero-order valence-electron chi connectivity index (χ0n) is 11.7. The summed E-state index contributed by atoms with van der Waals surface area (Å²) in [5.41, 5.74) is 6.70. The Morgan fingerprint density at radius 2 is 2.29 bits per heavy atom. The molecular weight excluding hydrogens is 356 g/mol. The van der Waals surface area contributed by atoms with Crippen molar-refractivity contribution in [2.75, 3.05) is 30.4 Å². The molecule has 0 spiro atoms. The molecule has 2 rings (SSSR count). The summed E-state index contributed by atoms with van der Waals surface area (Å²) in [6.07, 6.45) is 0. The molecule has 1 atom stereocenters. The summed E-state index contributed by atoms with van der Waals surface area (Å²) in [5, 5.41) is 0. The zero-order valence-corrected chi connectivity index (χ0v) is 14.1. The first-order valence-electron chi connectivity index (χ1n) is 6.65. The number of carbonyl (C=O) groups is 2. The molecule has 114 valence electrons. The standard InChI is InChI=1S/C14H17BrN2O3S/c1-2-20-14(19)12-8-21-6-5-17(12)13(18)10-7-9(15)3-4-11(10)16/h3-4,7,12H,2,5-6,8,16H2,1H3. The number of ether oxygens (including phenoxy) is 1. The maximum Gasteiger partial charge on any atom is 0.329 e. The van der Waals surface area contributed by atoms with Crippen LogP contribution in [0.1, 0.15) is 17.3 Å². The van der Waals surface area contributed by atoms with Crippen molar-refractivity contribution in [3.8, 4) is 0 Å². The van der Waals surface area contributed by atoms with Gasteiger partial charge in [-0.05, 0) is 25.1 Å². The quantitative estimate of drug-likeness (QED) is 0.649. The van der Waals surface area contributed by atoms with Crippen molar-refractivity contribution in [2.24, 2.45) is 0 Å². The van der Waals surface area contributed by atoms with Crippen LogP contribution in [-0.4, -0.2) is 47.5 Å². The first-order chi connectivity index (χ1) is 10.0. The third kappa shape index (κ3) is 3.71. The summed E-state index contributed by atoms with van der Waals surface area (Å²) in [6.45, 7) is 2.58. The molecule has 0 saturated carbocycles. The van der Waals surface area contributed by atoms with E-state index in [1.165, 1.54) is 0 Å². The normalized spacial score (nSPS) is 18.4. The molecule has 0 aliphatic carbocycles. The van der Waals surface area contributed by atoms with Gasteiger partial charge in [0.15, 0.2) is 0 Å². The molecule has 1 saturated heterocycles. The number of anilines is 1. The number of halogens is 1. The minimum absolute atomic E-state index is 0.229. The van der Waals surface area contributed by atoms with E-state index >= 15 is 0 Å². The fraction of sp³-hybridized carbons (Fsp3) is 0.429. The number of hydrogen-bond donors (Lipinski definition) is 1. The first-order valence-corrected chi connectivity index (χ1v) is 8.59. The molecule has 0 radical (unpaired) electrons. The van der Waals surface area contributed by atoms with Crippen LogP contribution in [0.4, 0.5) is 5.69 Å². The number of rotatable bonds is 3. The Morgan fingerprint density at radius 3 is 3.00 bits per heavy atom. The Bertz CT molecular complexity index is 553. The molecule has 0 aromatic heterocycles. The van der Waals surface area contributed by atoms with E-state index in [9.17, 15) is 9.59 Å². The van der Waals surface area contributed by atoms with E-state index in [0.717, 1.165) is 10.2 Å². The highest BCUT2D eigenvalue weighted by Crippen LogP contribution is 2.24. The molecule has 5 nitrogen and oxygen atoms in total. The van der Waals surface area contributed by atoms with Gasteiger partial charge in [-0.2, -0.15) is 11.8 Å². The number of nitrogen functional groups attached to an aromatic ring is 1. The number of thioether (sulfide) groups is 1. The maximum absolute atomic E-state index is 12.7. The highest BCUT2D eigenvalue weighted by Gasteiger charge is 2.34. The van der Waals surface area contributed by atoms with Crippen LogP contribution < -0.4 is 5.73 Å². The van der Waals surface area contributed by atoms with Crippen LogP contribution in [-0.2, 0) is 9.53 Å². The summed E-state index contributed by atoms with van der Waals surface area (Å²) in [6, 6.07) is 4.59. The number of amides is 1. The lowest BCUT2D eigenvalue weighted by Gasteiger charge is -2.34. The second kappa shape index (κ2) is 7.17. The van der Waals surface area contributed by atoms with E-state index in [-0.39, 0.29) is 11.9 Å². The van der Waals surface area contributed by atoms with Gasteiger partial charge in [0, 0.05) is 28.2 Å². The molecule has 1 aromatic carbocycles. The summed E-state index contributed by atoms with van der Waals surface area (Å²) < 4.78 is 5.84. The largest absolute Gasteiger partial charge is 0.464 e. The third-order valence-corrected chi connectivity index (χ3v) is 4.71. The number of nitrogens with two attached hydrogens (primary N) is 1. The Kier molecular flexibility index (Phi) is 5.52. The van der Waals surface area contributed by atoms with Crippen molar-refractivity contribution in [1.82, 2.24) is 4.90 Å². The van der Waals surface area contributed by atoms with Crippen LogP contribution >= 0.6 is 27.7 Å². The lowest BCUT2D eigenvalue weighted by molar-refractivity contribution is -0.147. The number of nitrogens with zero attached hydrogens (tertiary/aromatic N) is 1. The molecule has 2 N–H and O–H groups in total. The SMILES string of the molecule is CCOC(=O)C1CSCCN1C(=O)c1cc(Br)ccc1N. The second-order valence-electron chi connectivity index (χ2n) is 4.57. The highest BCUT2D eigenvalue weighted by atomic mass is 79.9. The van der Waals surface area contributed by atoms with E-state index < -0.39 is 6.04 Å². The fourth-order valence-electron chi connectivity index (χ4n) is 2.15. The summed E-state index contributed by atoms with van der Waals surface area (Å²) in [7, 11) is 0. The molecule has 1 aliphatic rings. The molecule has 1 aromatic rings. The van der Waals surface area contributed by atoms with Gasteiger partial charge >= 0.3 is 5.97 Å². The molecule has 1 unspecified atom stereocenters. The molecule has 1 aliphatic heterocycles. The molecule has 21 heavy (non-hydrogen) atoms. The van der Waals surface area contributed by atoms with Gasteiger partial charge in [-0.1, -0.05) is 15.9 Å². The van der Waals surface area contributed by atoms with Crippen molar-refractivity contribution in [3.05, 3.63) is 28.2 Å². The second-order valence-corrected chi connectivity index (χ2v) is 6.64. The average Bonchev–Trinajstić information content (AvgIpc) is 2.49. The van der Waals surface area contributed by atoms with Crippen LogP contribution in [0.3, 0.4) is 0 Å². The van der Waals surface area contributed by atoms with Gasteiger partial charge in [0.05, 0.1) is 12.2 Å². The number of hydrogen-bond acceptors (Lipinski definition) is 5. The van der Waals surface area contributed by atoms with Crippen LogP contribution in [0.15, 0.2) is 22.7 Å². The summed E-state index contributed by atoms with van der Waals surface area (Å²) in [5.74, 6) is 0.771. The maximum atomic E-state index is 12.7. The summed E-state index contributed by atoms with van der Waals surface area (Å²) in [4.78, 5) is 26.3. The fourth-order valence-corrected chi connectivity index (χ4v) is 3.54. The van der Waals surface area contributed by atoms with Gasteiger partial charge in [-0.15, -0.1) is 0 Å². The lowest BCUT2D eigenvalue weighted by atomic mass is 10.1. The predicted molar refractivity (Wildman–Crippen MR) is 87.3 cm³/mol. The average molecular weight is 373 g/mol. The Labute approximate surface area is 136 Å². The van der Waals surface area contributed by atoms with E-state index in [2.05, 4.69) is 15.9 Å². The third-order valence-electron chi connectivity index (χ3n) is 3.19. The minimum atomic E-state index is -0.547. The van der Waals surface area contributed by atoms with Crippen molar-refractivity contribution >= 4 is 45.3 Å². The highest BCUT2D eigenvalue weighted by molar-refractivity contribution is 9.10. The van der Waals surface area contributed by atoms with Gasteiger partial charge in [0.25, 0.3) is 5.91 Å². The topological polar surface area (TPSA) is 72.6 Å². The molecule has 1 fully saturated rings. The molecule has 7 heteroatoms. The lowest BCUT2D eigenvalue weighted by Crippen LogP contribution is -2.51. The smallest absolute Gasteiger partial charge is 0.329 e. The van der Waals surface area contributed by atoms with Crippen molar-refractivity contribution in [3.63, 3.8) is 0 Å². The predicted octanol–water partition coefficient (Wildman–Crippen LogP) is 2.15. The number of benzene rings is 1. The molecule has 1 amide bonds. The van der Waals surface area contributed by atoms with E-state index in [1.54, 1.807) is 41.8 Å². The van der Waals surface area contributed by atoms with Gasteiger partial charge in [-0.3, -0.25) is 4.79 Å². The monoisotopic (exact) mass is 372 g/mol. The van der Waals surface area contributed by atoms with E-state index in [0.29, 0.717) is 30.2 Å². The Hall–Kier alpha value is -1.21. The van der Waals surface area contributed by atoms with Gasteiger partial charge < -0.3 is 15.4 Å². The number of carbonyl (C=O) groups excluding carboxylic acids is 2. The molecule has 1 heterocycles.